The molecule has 0 saturated carbocycles. The molecule has 0 radical (unpaired) electrons. The normalized spacial score (nSPS) is 10.2. The average Bonchev–Trinajstić information content (AvgIpc) is 2.78. The summed E-state index contributed by atoms with van der Waals surface area (Å²) in [6.45, 7) is 1.88. The Labute approximate surface area is 113 Å². The van der Waals surface area contributed by atoms with E-state index in [0.717, 1.165) is 22.6 Å². The van der Waals surface area contributed by atoms with E-state index in [9.17, 15) is 4.79 Å². The highest BCUT2D eigenvalue weighted by molar-refractivity contribution is 7.17. The molecule has 0 unspecified atom stereocenters. The Hall–Kier alpha value is -1.66. The van der Waals surface area contributed by atoms with E-state index in [4.69, 9.17) is 16.3 Å². The Morgan fingerprint density at radius 2 is 2.22 bits per heavy atom. The van der Waals surface area contributed by atoms with Crippen molar-refractivity contribution >= 4 is 34.5 Å². The quantitative estimate of drug-likeness (QED) is 0.941. The van der Waals surface area contributed by atoms with E-state index < -0.39 is 0 Å². The summed E-state index contributed by atoms with van der Waals surface area (Å²) in [5, 5.41) is 10.2. The number of nitrogens with zero attached hydrogens (tertiary/aromatic N) is 2. The van der Waals surface area contributed by atoms with Crippen LogP contribution in [0.3, 0.4) is 0 Å². The first kappa shape index (κ1) is 12.8. The van der Waals surface area contributed by atoms with E-state index in [2.05, 4.69) is 15.5 Å². The third kappa shape index (κ3) is 2.77. The first-order valence-electron chi connectivity index (χ1n) is 5.05. The van der Waals surface area contributed by atoms with Gasteiger partial charge in [0.1, 0.15) is 5.75 Å². The van der Waals surface area contributed by atoms with E-state index in [1.165, 1.54) is 0 Å². The summed E-state index contributed by atoms with van der Waals surface area (Å²) in [6.07, 6.45) is 0. The Morgan fingerprint density at radius 1 is 1.44 bits per heavy atom. The highest BCUT2D eigenvalue weighted by Crippen LogP contribution is 2.22. The van der Waals surface area contributed by atoms with Crippen molar-refractivity contribution in [2.24, 2.45) is 0 Å². The van der Waals surface area contributed by atoms with Crippen LogP contribution in [0.2, 0.25) is 4.47 Å². The summed E-state index contributed by atoms with van der Waals surface area (Å²) in [4.78, 5) is 11.8. The van der Waals surface area contributed by atoms with Crippen LogP contribution >= 0.6 is 22.9 Å². The molecule has 1 aromatic heterocycles. The van der Waals surface area contributed by atoms with Gasteiger partial charge in [0, 0.05) is 5.69 Å². The van der Waals surface area contributed by atoms with Gasteiger partial charge in [0.15, 0.2) is 0 Å². The average molecular weight is 284 g/mol. The van der Waals surface area contributed by atoms with E-state index >= 15 is 0 Å². The maximum absolute atomic E-state index is 11.8. The van der Waals surface area contributed by atoms with Crippen molar-refractivity contribution in [3.05, 3.63) is 33.2 Å². The minimum Gasteiger partial charge on any atom is -0.497 e. The second kappa shape index (κ2) is 5.32. The molecule has 18 heavy (non-hydrogen) atoms. The number of halogens is 1. The van der Waals surface area contributed by atoms with Crippen LogP contribution in [0, 0.1) is 6.92 Å². The van der Waals surface area contributed by atoms with Crippen molar-refractivity contribution in [2.75, 3.05) is 12.4 Å². The van der Waals surface area contributed by atoms with Crippen molar-refractivity contribution < 1.29 is 9.53 Å². The van der Waals surface area contributed by atoms with Crippen LogP contribution in [-0.4, -0.2) is 23.2 Å². The number of carbonyl (C=O) groups is 1. The number of hydrogen-bond acceptors (Lipinski definition) is 5. The predicted molar refractivity (Wildman–Crippen MR) is 70.6 cm³/mol. The monoisotopic (exact) mass is 283 g/mol. The van der Waals surface area contributed by atoms with Gasteiger partial charge in [0.2, 0.25) is 9.47 Å². The minimum atomic E-state index is -0.326. The minimum absolute atomic E-state index is 0.232. The number of aromatic nitrogens is 2. The second-order valence-corrected chi connectivity index (χ2v) is 5.05. The molecule has 1 heterocycles. The standard InChI is InChI=1S/C11H10ClN3O2S/c1-6-5-7(17-2)3-4-8(6)13-9(16)10-14-15-11(12)18-10/h3-5H,1-2H3,(H,13,16). The van der Waals surface area contributed by atoms with E-state index in [1.54, 1.807) is 19.2 Å². The molecule has 1 N–H and O–H groups in total. The summed E-state index contributed by atoms with van der Waals surface area (Å²) in [7, 11) is 1.59. The second-order valence-electron chi connectivity index (χ2n) is 3.50. The van der Waals surface area contributed by atoms with Gasteiger partial charge in [-0.3, -0.25) is 4.79 Å². The molecule has 94 valence electrons. The molecule has 1 amide bonds. The van der Waals surface area contributed by atoms with E-state index in [1.807, 2.05) is 13.0 Å². The van der Waals surface area contributed by atoms with Gasteiger partial charge in [-0.15, -0.1) is 10.2 Å². The lowest BCUT2D eigenvalue weighted by Crippen LogP contribution is -2.12. The van der Waals surface area contributed by atoms with E-state index in [-0.39, 0.29) is 15.4 Å². The van der Waals surface area contributed by atoms with Gasteiger partial charge in [0.25, 0.3) is 5.91 Å². The molecule has 2 aromatic rings. The maximum atomic E-state index is 11.8. The maximum Gasteiger partial charge on any atom is 0.286 e. The Kier molecular flexibility index (Phi) is 3.78. The SMILES string of the molecule is COc1ccc(NC(=O)c2nnc(Cl)s2)c(C)c1. The third-order valence-electron chi connectivity index (χ3n) is 2.28. The molecule has 0 aliphatic heterocycles. The number of rotatable bonds is 3. The summed E-state index contributed by atoms with van der Waals surface area (Å²) >= 11 is 6.66. The number of amides is 1. The number of hydrogen-bond donors (Lipinski definition) is 1. The Bertz CT molecular complexity index is 585. The largest absolute Gasteiger partial charge is 0.497 e. The molecule has 0 fully saturated rings. The van der Waals surface area contributed by atoms with Crippen LogP contribution < -0.4 is 10.1 Å². The summed E-state index contributed by atoms with van der Waals surface area (Å²) in [5.74, 6) is 0.414. The van der Waals surface area contributed by atoms with Crippen LogP contribution in [0.1, 0.15) is 15.4 Å². The molecule has 5 nitrogen and oxygen atoms in total. The van der Waals surface area contributed by atoms with Crippen molar-refractivity contribution in [1.82, 2.24) is 10.2 Å². The molecular weight excluding hydrogens is 274 g/mol. The number of anilines is 1. The molecule has 2 rings (SSSR count). The zero-order chi connectivity index (χ0) is 13.1. The number of ether oxygens (including phenoxy) is 1. The summed E-state index contributed by atoms with van der Waals surface area (Å²) < 4.78 is 5.33. The molecular formula is C11H10ClN3O2S. The van der Waals surface area contributed by atoms with Gasteiger partial charge in [-0.2, -0.15) is 0 Å². The smallest absolute Gasteiger partial charge is 0.286 e. The molecule has 0 bridgehead atoms. The lowest BCUT2D eigenvalue weighted by Gasteiger charge is -2.08. The Balaban J connectivity index is 2.16. The number of benzene rings is 1. The molecule has 0 aliphatic rings. The van der Waals surface area contributed by atoms with Crippen LogP contribution in [-0.2, 0) is 0 Å². The van der Waals surface area contributed by atoms with Crippen LogP contribution in [0.4, 0.5) is 5.69 Å². The third-order valence-corrected chi connectivity index (χ3v) is 3.29. The zero-order valence-electron chi connectivity index (χ0n) is 9.73. The highest BCUT2D eigenvalue weighted by atomic mass is 35.5. The lowest BCUT2D eigenvalue weighted by atomic mass is 10.2. The first-order valence-corrected chi connectivity index (χ1v) is 6.24. The van der Waals surface area contributed by atoms with Crippen molar-refractivity contribution in [1.29, 1.82) is 0 Å². The molecule has 0 atom stereocenters. The molecule has 1 aromatic carbocycles. The first-order chi connectivity index (χ1) is 8.60. The molecule has 0 spiro atoms. The summed E-state index contributed by atoms with van der Waals surface area (Å²) in [6, 6.07) is 5.38. The van der Waals surface area contributed by atoms with Gasteiger partial charge in [-0.25, -0.2) is 0 Å². The fraction of sp³-hybridized carbons (Fsp3) is 0.182. The topological polar surface area (TPSA) is 64.1 Å². The highest BCUT2D eigenvalue weighted by Gasteiger charge is 2.13. The van der Waals surface area contributed by atoms with Gasteiger partial charge in [-0.05, 0) is 42.3 Å². The van der Waals surface area contributed by atoms with Crippen LogP contribution in [0.15, 0.2) is 18.2 Å². The number of carbonyl (C=O) groups excluding carboxylic acids is 1. The Morgan fingerprint density at radius 3 is 2.78 bits per heavy atom. The van der Waals surface area contributed by atoms with Crippen molar-refractivity contribution in [3.63, 3.8) is 0 Å². The van der Waals surface area contributed by atoms with Crippen molar-refractivity contribution in [2.45, 2.75) is 6.92 Å². The van der Waals surface area contributed by atoms with Gasteiger partial charge >= 0.3 is 0 Å². The van der Waals surface area contributed by atoms with Crippen molar-refractivity contribution in [3.8, 4) is 5.75 Å². The van der Waals surface area contributed by atoms with Crippen LogP contribution in [0.5, 0.6) is 5.75 Å². The molecule has 0 saturated heterocycles. The number of aryl methyl sites for hydroxylation is 1. The fourth-order valence-electron chi connectivity index (χ4n) is 1.38. The number of nitrogens with one attached hydrogen (secondary N) is 1. The van der Waals surface area contributed by atoms with Crippen LogP contribution in [0.25, 0.3) is 0 Å². The molecule has 7 heteroatoms. The van der Waals surface area contributed by atoms with Gasteiger partial charge < -0.3 is 10.1 Å². The summed E-state index contributed by atoms with van der Waals surface area (Å²) in [5.41, 5.74) is 1.60. The lowest BCUT2D eigenvalue weighted by molar-refractivity contribution is 0.102. The van der Waals surface area contributed by atoms with Gasteiger partial charge in [0.05, 0.1) is 7.11 Å². The number of methoxy groups -OCH3 is 1. The molecule has 0 aliphatic carbocycles. The fourth-order valence-corrected chi connectivity index (χ4v) is 2.10. The zero-order valence-corrected chi connectivity index (χ0v) is 11.3. The van der Waals surface area contributed by atoms with E-state index in [0.29, 0.717) is 5.69 Å². The van der Waals surface area contributed by atoms with Gasteiger partial charge in [-0.1, -0.05) is 11.3 Å². The predicted octanol–water partition coefficient (Wildman–Crippen LogP) is 2.76.